The summed E-state index contributed by atoms with van der Waals surface area (Å²) in [4.78, 5) is 3.23. The predicted octanol–water partition coefficient (Wildman–Crippen LogP) is 2.15. The summed E-state index contributed by atoms with van der Waals surface area (Å²) < 4.78 is 0. The van der Waals surface area contributed by atoms with Gasteiger partial charge < -0.3 is 4.90 Å². The van der Waals surface area contributed by atoms with Crippen molar-refractivity contribution in [2.45, 2.75) is 13.3 Å². The SMILES string of the molecule is CCN(C)C1=CC=CCC1=S. The van der Waals surface area contributed by atoms with Gasteiger partial charge in [0.05, 0.1) is 5.70 Å². The van der Waals surface area contributed by atoms with Gasteiger partial charge in [0.2, 0.25) is 0 Å². The standard InChI is InChI=1S/C9H13NS/c1-3-10(2)8-6-4-5-7-9(8)11/h4-6H,3,7H2,1-2H3. The van der Waals surface area contributed by atoms with Crippen LogP contribution in [-0.2, 0) is 0 Å². The van der Waals surface area contributed by atoms with Crippen LogP contribution >= 0.6 is 12.2 Å². The van der Waals surface area contributed by atoms with E-state index in [4.69, 9.17) is 12.2 Å². The molecule has 0 radical (unpaired) electrons. The minimum atomic E-state index is 0.922. The fourth-order valence-corrected chi connectivity index (χ4v) is 1.36. The Morgan fingerprint density at radius 3 is 2.91 bits per heavy atom. The molecule has 1 nitrogen and oxygen atoms in total. The Kier molecular flexibility index (Phi) is 2.83. The van der Waals surface area contributed by atoms with Gasteiger partial charge in [0.15, 0.2) is 0 Å². The maximum absolute atomic E-state index is 5.21. The first-order chi connectivity index (χ1) is 5.25. The van der Waals surface area contributed by atoms with E-state index in [1.165, 1.54) is 5.70 Å². The molecule has 0 amide bonds. The van der Waals surface area contributed by atoms with Gasteiger partial charge in [0, 0.05) is 24.9 Å². The molecule has 1 aliphatic rings. The van der Waals surface area contributed by atoms with Crippen molar-refractivity contribution in [1.82, 2.24) is 4.90 Å². The maximum Gasteiger partial charge on any atom is 0.0508 e. The average Bonchev–Trinajstić information content (AvgIpc) is 2.04. The molecule has 0 saturated carbocycles. The van der Waals surface area contributed by atoms with Gasteiger partial charge in [-0.2, -0.15) is 0 Å². The molecule has 60 valence electrons. The van der Waals surface area contributed by atoms with Crippen molar-refractivity contribution in [1.29, 1.82) is 0 Å². The highest BCUT2D eigenvalue weighted by atomic mass is 32.1. The highest BCUT2D eigenvalue weighted by Crippen LogP contribution is 2.12. The molecule has 0 atom stereocenters. The Hall–Kier alpha value is -0.630. The number of rotatable bonds is 2. The van der Waals surface area contributed by atoms with Crippen LogP contribution in [-0.4, -0.2) is 23.4 Å². The van der Waals surface area contributed by atoms with E-state index in [1.54, 1.807) is 0 Å². The molecule has 11 heavy (non-hydrogen) atoms. The molecule has 0 unspecified atom stereocenters. The summed E-state index contributed by atoms with van der Waals surface area (Å²) in [5, 5.41) is 0. The zero-order chi connectivity index (χ0) is 8.27. The zero-order valence-corrected chi connectivity index (χ0v) is 7.82. The van der Waals surface area contributed by atoms with Crippen LogP contribution in [0.3, 0.4) is 0 Å². The Morgan fingerprint density at radius 1 is 1.64 bits per heavy atom. The third-order valence-electron chi connectivity index (χ3n) is 1.86. The first-order valence-corrected chi connectivity index (χ1v) is 4.27. The molecule has 0 aromatic rings. The van der Waals surface area contributed by atoms with Crippen LogP contribution in [0, 0.1) is 0 Å². The van der Waals surface area contributed by atoms with E-state index in [1.807, 2.05) is 0 Å². The van der Waals surface area contributed by atoms with Gasteiger partial charge >= 0.3 is 0 Å². The van der Waals surface area contributed by atoms with Crippen molar-refractivity contribution < 1.29 is 0 Å². The Labute approximate surface area is 73.4 Å². The molecule has 0 N–H and O–H groups in total. The third-order valence-corrected chi connectivity index (χ3v) is 2.24. The van der Waals surface area contributed by atoms with Crippen LogP contribution in [0.15, 0.2) is 23.9 Å². The lowest BCUT2D eigenvalue weighted by atomic mass is 10.1. The van der Waals surface area contributed by atoms with E-state index in [2.05, 4.69) is 37.1 Å². The molecule has 1 aliphatic carbocycles. The molecule has 2 heteroatoms. The fraction of sp³-hybridized carbons (Fsp3) is 0.444. The number of nitrogens with zero attached hydrogens (tertiary/aromatic N) is 1. The summed E-state index contributed by atoms with van der Waals surface area (Å²) in [5.74, 6) is 0. The van der Waals surface area contributed by atoms with Gasteiger partial charge in [-0.1, -0.05) is 24.4 Å². The highest BCUT2D eigenvalue weighted by Gasteiger charge is 2.08. The van der Waals surface area contributed by atoms with Crippen molar-refractivity contribution >= 4 is 17.1 Å². The minimum absolute atomic E-state index is 0.922. The van der Waals surface area contributed by atoms with Crippen LogP contribution in [0.25, 0.3) is 0 Å². The van der Waals surface area contributed by atoms with Crippen molar-refractivity contribution in [3.8, 4) is 0 Å². The summed E-state index contributed by atoms with van der Waals surface area (Å²) in [7, 11) is 2.07. The normalized spacial score (nSPS) is 16.5. The predicted molar refractivity (Wildman–Crippen MR) is 52.7 cm³/mol. The monoisotopic (exact) mass is 167 g/mol. The Bertz CT molecular complexity index is 216. The number of hydrogen-bond acceptors (Lipinski definition) is 2. The van der Waals surface area contributed by atoms with Crippen LogP contribution < -0.4 is 0 Å². The summed E-state index contributed by atoms with van der Waals surface area (Å²) in [5.41, 5.74) is 1.20. The molecular formula is C9H13NS. The van der Waals surface area contributed by atoms with Gasteiger partial charge in [0.25, 0.3) is 0 Å². The van der Waals surface area contributed by atoms with E-state index >= 15 is 0 Å². The largest absolute Gasteiger partial charge is 0.374 e. The van der Waals surface area contributed by atoms with Gasteiger partial charge in [0.1, 0.15) is 0 Å². The third kappa shape index (κ3) is 1.90. The summed E-state index contributed by atoms with van der Waals surface area (Å²) >= 11 is 5.21. The first-order valence-electron chi connectivity index (χ1n) is 3.87. The van der Waals surface area contributed by atoms with Crippen LogP contribution in [0.5, 0.6) is 0 Å². The second-order valence-corrected chi connectivity index (χ2v) is 3.11. The quantitative estimate of drug-likeness (QED) is 0.580. The Balaban J connectivity index is 2.75. The lowest BCUT2D eigenvalue weighted by Crippen LogP contribution is -2.22. The molecule has 0 heterocycles. The van der Waals surface area contributed by atoms with E-state index in [0.717, 1.165) is 17.8 Å². The smallest absolute Gasteiger partial charge is 0.0508 e. The second-order valence-electron chi connectivity index (χ2n) is 2.62. The molecule has 0 aromatic carbocycles. The molecular weight excluding hydrogens is 154 g/mol. The molecule has 0 aromatic heterocycles. The lowest BCUT2D eigenvalue weighted by Gasteiger charge is -2.22. The van der Waals surface area contributed by atoms with Crippen LogP contribution in [0.2, 0.25) is 0 Å². The Morgan fingerprint density at radius 2 is 2.36 bits per heavy atom. The van der Waals surface area contributed by atoms with E-state index in [9.17, 15) is 0 Å². The molecule has 0 saturated heterocycles. The summed E-state index contributed by atoms with van der Waals surface area (Å²) in [6, 6.07) is 0. The molecule has 0 aliphatic heterocycles. The first kappa shape index (κ1) is 8.47. The van der Waals surface area contributed by atoms with Gasteiger partial charge in [-0.3, -0.25) is 0 Å². The summed E-state index contributed by atoms with van der Waals surface area (Å²) in [6.07, 6.45) is 7.16. The number of allylic oxidation sites excluding steroid dienone is 4. The maximum atomic E-state index is 5.21. The van der Waals surface area contributed by atoms with Crippen LogP contribution in [0.4, 0.5) is 0 Å². The van der Waals surface area contributed by atoms with Gasteiger partial charge in [-0.05, 0) is 13.0 Å². The van der Waals surface area contributed by atoms with Gasteiger partial charge in [-0.15, -0.1) is 0 Å². The van der Waals surface area contributed by atoms with Crippen molar-refractivity contribution in [2.75, 3.05) is 13.6 Å². The average molecular weight is 167 g/mol. The molecule has 0 bridgehead atoms. The van der Waals surface area contributed by atoms with Gasteiger partial charge in [-0.25, -0.2) is 0 Å². The molecule has 0 fully saturated rings. The topological polar surface area (TPSA) is 3.24 Å². The lowest BCUT2D eigenvalue weighted by molar-refractivity contribution is 0.463. The fourth-order valence-electron chi connectivity index (χ4n) is 1.04. The minimum Gasteiger partial charge on any atom is -0.374 e. The van der Waals surface area contributed by atoms with E-state index < -0.39 is 0 Å². The van der Waals surface area contributed by atoms with E-state index in [0.29, 0.717) is 0 Å². The summed E-state index contributed by atoms with van der Waals surface area (Å²) in [6.45, 7) is 3.14. The van der Waals surface area contributed by atoms with Crippen molar-refractivity contribution in [3.63, 3.8) is 0 Å². The zero-order valence-electron chi connectivity index (χ0n) is 7.00. The van der Waals surface area contributed by atoms with E-state index in [-0.39, 0.29) is 0 Å². The number of thiocarbonyl (C=S) groups is 1. The van der Waals surface area contributed by atoms with Crippen molar-refractivity contribution in [2.24, 2.45) is 0 Å². The van der Waals surface area contributed by atoms with Crippen molar-refractivity contribution in [3.05, 3.63) is 23.9 Å². The highest BCUT2D eigenvalue weighted by molar-refractivity contribution is 7.80. The number of hydrogen-bond donors (Lipinski definition) is 0. The van der Waals surface area contributed by atoms with Crippen LogP contribution in [0.1, 0.15) is 13.3 Å². The molecule has 0 spiro atoms. The second kappa shape index (κ2) is 3.67. The molecule has 1 rings (SSSR count).